The molecule has 120 valence electrons. The Morgan fingerprint density at radius 1 is 1.33 bits per heavy atom. The van der Waals surface area contributed by atoms with Crippen LogP contribution in [0.1, 0.15) is 5.56 Å². The third kappa shape index (κ3) is 7.05. The molecular weight excluding hydrogens is 313 g/mol. The van der Waals surface area contributed by atoms with Gasteiger partial charge in [0, 0.05) is 6.54 Å². The van der Waals surface area contributed by atoms with Gasteiger partial charge in [0.15, 0.2) is 18.1 Å². The number of rotatable bonds is 6. The van der Waals surface area contributed by atoms with Crippen molar-refractivity contribution in [3.05, 3.63) is 23.8 Å². The number of hydrogen-bond acceptors (Lipinski definition) is 4. The van der Waals surface area contributed by atoms with Gasteiger partial charge in [-0.05, 0) is 17.7 Å². The predicted octanol–water partition coefficient (Wildman–Crippen LogP) is 1.63. The fourth-order valence-electron chi connectivity index (χ4n) is 1.37. The summed E-state index contributed by atoms with van der Waals surface area (Å²) in [6, 6.07) is 4.38. The molecule has 0 aliphatic heterocycles. The molecule has 0 spiro atoms. The van der Waals surface area contributed by atoms with Crippen molar-refractivity contribution in [3.8, 4) is 11.5 Å². The lowest BCUT2D eigenvalue weighted by Gasteiger charge is -2.13. The first-order valence-corrected chi connectivity index (χ1v) is 5.69. The van der Waals surface area contributed by atoms with Crippen LogP contribution in [0.25, 0.3) is 0 Å². The van der Waals surface area contributed by atoms with E-state index in [9.17, 15) is 18.0 Å². The first kappa shape index (κ1) is 19.3. The van der Waals surface area contributed by atoms with Crippen LogP contribution in [0, 0.1) is 0 Å². The molecule has 0 atom stereocenters. The van der Waals surface area contributed by atoms with Crippen LogP contribution in [0.2, 0.25) is 0 Å². The molecule has 0 saturated carbocycles. The van der Waals surface area contributed by atoms with Crippen LogP contribution in [0.3, 0.4) is 0 Å². The molecule has 5 nitrogen and oxygen atoms in total. The van der Waals surface area contributed by atoms with Crippen LogP contribution >= 0.6 is 12.4 Å². The van der Waals surface area contributed by atoms with E-state index in [4.69, 9.17) is 10.5 Å². The van der Waals surface area contributed by atoms with E-state index in [2.05, 4.69) is 10.1 Å². The summed E-state index contributed by atoms with van der Waals surface area (Å²) in [5.74, 6) is -0.186. The van der Waals surface area contributed by atoms with Crippen molar-refractivity contribution in [2.24, 2.45) is 5.73 Å². The van der Waals surface area contributed by atoms with Crippen molar-refractivity contribution in [1.29, 1.82) is 0 Å². The number of amides is 1. The monoisotopic (exact) mass is 328 g/mol. The van der Waals surface area contributed by atoms with Crippen LogP contribution in [-0.4, -0.2) is 32.3 Å². The van der Waals surface area contributed by atoms with Gasteiger partial charge in [0.25, 0.3) is 0 Å². The van der Waals surface area contributed by atoms with E-state index < -0.39 is 12.8 Å². The lowest BCUT2D eigenvalue weighted by atomic mass is 10.2. The summed E-state index contributed by atoms with van der Waals surface area (Å²) in [5.41, 5.74) is 5.79. The maximum Gasteiger partial charge on any atom is 0.422 e. The van der Waals surface area contributed by atoms with Gasteiger partial charge in [-0.2, -0.15) is 13.2 Å². The minimum absolute atomic E-state index is 0. The highest BCUT2D eigenvalue weighted by molar-refractivity contribution is 5.85. The highest BCUT2D eigenvalue weighted by Crippen LogP contribution is 2.29. The fourth-order valence-corrected chi connectivity index (χ4v) is 1.37. The van der Waals surface area contributed by atoms with Gasteiger partial charge < -0.3 is 20.5 Å². The quantitative estimate of drug-likeness (QED) is 0.832. The van der Waals surface area contributed by atoms with Crippen molar-refractivity contribution in [3.63, 3.8) is 0 Å². The lowest BCUT2D eigenvalue weighted by molar-refractivity contribution is -0.153. The van der Waals surface area contributed by atoms with Crippen LogP contribution in [-0.2, 0) is 11.3 Å². The van der Waals surface area contributed by atoms with E-state index in [1.807, 2.05) is 0 Å². The largest absolute Gasteiger partial charge is 0.493 e. The first-order valence-electron chi connectivity index (χ1n) is 5.69. The van der Waals surface area contributed by atoms with E-state index >= 15 is 0 Å². The topological polar surface area (TPSA) is 73.6 Å². The number of benzene rings is 1. The molecule has 0 aliphatic rings. The van der Waals surface area contributed by atoms with Crippen molar-refractivity contribution in [2.75, 3.05) is 20.3 Å². The number of nitrogens with one attached hydrogen (secondary N) is 1. The minimum atomic E-state index is -4.42. The standard InChI is InChI=1S/C12H15F3N2O3.ClH/c1-19-10-4-8(6-17-11(18)5-16)2-3-9(10)20-7-12(13,14)15;/h2-4H,5-7,16H2,1H3,(H,17,18);1H. The molecule has 0 saturated heterocycles. The summed E-state index contributed by atoms with van der Waals surface area (Å²) in [6.07, 6.45) is -4.42. The molecule has 0 fully saturated rings. The molecule has 0 aromatic heterocycles. The summed E-state index contributed by atoms with van der Waals surface area (Å²) < 4.78 is 45.8. The predicted molar refractivity (Wildman–Crippen MR) is 72.7 cm³/mol. The molecule has 1 aromatic carbocycles. The minimum Gasteiger partial charge on any atom is -0.493 e. The molecule has 0 radical (unpaired) electrons. The third-order valence-corrected chi connectivity index (χ3v) is 2.29. The Hall–Kier alpha value is -1.67. The van der Waals surface area contributed by atoms with Crippen LogP contribution in [0.15, 0.2) is 18.2 Å². The van der Waals surface area contributed by atoms with E-state index in [-0.39, 0.29) is 42.9 Å². The smallest absolute Gasteiger partial charge is 0.422 e. The van der Waals surface area contributed by atoms with Gasteiger partial charge in [-0.15, -0.1) is 12.4 Å². The van der Waals surface area contributed by atoms with Crippen molar-refractivity contribution in [1.82, 2.24) is 5.32 Å². The van der Waals surface area contributed by atoms with Gasteiger partial charge in [0.05, 0.1) is 13.7 Å². The highest BCUT2D eigenvalue weighted by Gasteiger charge is 2.29. The molecule has 1 amide bonds. The van der Waals surface area contributed by atoms with Crippen molar-refractivity contribution >= 4 is 18.3 Å². The summed E-state index contributed by atoms with van der Waals surface area (Å²) in [6.45, 7) is -1.33. The number of carbonyl (C=O) groups is 1. The van der Waals surface area contributed by atoms with Gasteiger partial charge in [0.1, 0.15) is 0 Å². The Balaban J connectivity index is 0.00000400. The number of methoxy groups -OCH3 is 1. The first-order chi connectivity index (χ1) is 9.35. The Bertz CT molecular complexity index is 470. The number of carbonyl (C=O) groups excluding carboxylic acids is 1. The highest BCUT2D eigenvalue weighted by atomic mass is 35.5. The van der Waals surface area contributed by atoms with Gasteiger partial charge in [-0.3, -0.25) is 4.79 Å². The number of alkyl halides is 3. The van der Waals surface area contributed by atoms with E-state index in [0.717, 1.165) is 0 Å². The summed E-state index contributed by atoms with van der Waals surface area (Å²) in [4.78, 5) is 11.0. The second-order valence-electron chi connectivity index (χ2n) is 3.87. The van der Waals surface area contributed by atoms with E-state index in [1.165, 1.54) is 25.3 Å². The van der Waals surface area contributed by atoms with E-state index in [0.29, 0.717) is 5.56 Å². The lowest BCUT2D eigenvalue weighted by Crippen LogP contribution is -2.29. The Labute approximate surface area is 126 Å². The van der Waals surface area contributed by atoms with Gasteiger partial charge in [-0.1, -0.05) is 6.07 Å². The molecule has 0 aliphatic carbocycles. The van der Waals surface area contributed by atoms with Crippen molar-refractivity contribution in [2.45, 2.75) is 12.7 Å². The fraction of sp³-hybridized carbons (Fsp3) is 0.417. The molecule has 0 unspecified atom stereocenters. The summed E-state index contributed by atoms with van der Waals surface area (Å²) in [7, 11) is 1.32. The Morgan fingerprint density at radius 2 is 2.00 bits per heavy atom. The van der Waals surface area contributed by atoms with Gasteiger partial charge in [-0.25, -0.2) is 0 Å². The Kier molecular flexibility index (Phi) is 7.90. The maximum atomic E-state index is 12.1. The second kappa shape index (κ2) is 8.58. The Morgan fingerprint density at radius 3 is 2.52 bits per heavy atom. The zero-order chi connectivity index (χ0) is 15.2. The number of nitrogens with two attached hydrogens (primary N) is 1. The maximum absolute atomic E-state index is 12.1. The number of halogens is 4. The van der Waals surface area contributed by atoms with E-state index in [1.54, 1.807) is 0 Å². The van der Waals surface area contributed by atoms with Crippen LogP contribution in [0.5, 0.6) is 11.5 Å². The molecule has 3 N–H and O–H groups in total. The average Bonchev–Trinajstić information content (AvgIpc) is 2.41. The third-order valence-electron chi connectivity index (χ3n) is 2.29. The molecule has 0 bridgehead atoms. The zero-order valence-electron chi connectivity index (χ0n) is 11.2. The molecule has 0 heterocycles. The zero-order valence-corrected chi connectivity index (χ0v) is 12.0. The normalized spacial score (nSPS) is 10.5. The van der Waals surface area contributed by atoms with Crippen molar-refractivity contribution < 1.29 is 27.4 Å². The van der Waals surface area contributed by atoms with Crippen LogP contribution in [0.4, 0.5) is 13.2 Å². The molecule has 21 heavy (non-hydrogen) atoms. The summed E-state index contributed by atoms with van der Waals surface area (Å²) >= 11 is 0. The second-order valence-corrected chi connectivity index (χ2v) is 3.87. The molecular formula is C12H16ClF3N2O3. The number of ether oxygens (including phenoxy) is 2. The van der Waals surface area contributed by atoms with Crippen LogP contribution < -0.4 is 20.5 Å². The van der Waals surface area contributed by atoms with Gasteiger partial charge >= 0.3 is 6.18 Å². The molecule has 1 rings (SSSR count). The molecule has 1 aromatic rings. The SMILES string of the molecule is COc1cc(CNC(=O)CN)ccc1OCC(F)(F)F.Cl. The number of hydrogen-bond donors (Lipinski definition) is 2. The molecule has 9 heteroatoms. The van der Waals surface area contributed by atoms with Gasteiger partial charge in [0.2, 0.25) is 5.91 Å². The summed E-state index contributed by atoms with van der Waals surface area (Å²) in [5, 5.41) is 2.54. The average molecular weight is 329 g/mol.